The van der Waals surface area contributed by atoms with Crippen molar-refractivity contribution < 1.29 is 4.79 Å². The van der Waals surface area contributed by atoms with E-state index in [9.17, 15) is 4.79 Å². The normalized spacial score (nSPS) is 17.2. The van der Waals surface area contributed by atoms with E-state index in [4.69, 9.17) is 5.73 Å². The third-order valence-electron chi connectivity index (χ3n) is 4.82. The van der Waals surface area contributed by atoms with Crippen LogP contribution in [-0.4, -0.2) is 42.0 Å². The Balaban J connectivity index is 1.62. The minimum absolute atomic E-state index is 0.121. The molecule has 8 nitrogen and oxygen atoms in total. The smallest absolute Gasteiger partial charge is 0.222 e. The number of hydrogen-bond donors (Lipinski definition) is 3. The van der Waals surface area contributed by atoms with Gasteiger partial charge >= 0.3 is 0 Å². The molecule has 0 aromatic carbocycles. The molecule has 28 heavy (non-hydrogen) atoms. The molecule has 1 amide bonds. The van der Waals surface area contributed by atoms with Gasteiger partial charge in [-0.05, 0) is 31.0 Å². The van der Waals surface area contributed by atoms with Crippen molar-refractivity contribution >= 4 is 17.7 Å². The second-order valence-corrected chi connectivity index (χ2v) is 6.77. The second kappa shape index (κ2) is 9.68. The first kappa shape index (κ1) is 19.6. The van der Waals surface area contributed by atoms with Crippen molar-refractivity contribution in [3.05, 3.63) is 54.0 Å². The molecule has 3 rings (SSSR count). The van der Waals surface area contributed by atoms with E-state index in [-0.39, 0.29) is 11.8 Å². The number of amides is 1. The Bertz CT molecular complexity index is 809. The standard InChI is InChI=1S/C20H27N7O/c1-22-20(26-13-17-8-2-3-9-23-17)25-12-15-6-4-10-24-19(15)27-11-5-7-16(14-27)18(21)28/h2-4,6,8-10,16H,5,7,11-14H2,1H3,(H2,21,28)(H2,22,25,26). The van der Waals surface area contributed by atoms with Crippen LogP contribution in [0.2, 0.25) is 0 Å². The Morgan fingerprint density at radius 3 is 2.79 bits per heavy atom. The minimum atomic E-state index is -0.237. The molecule has 0 saturated carbocycles. The first-order valence-electron chi connectivity index (χ1n) is 9.50. The molecular weight excluding hydrogens is 354 g/mol. The molecule has 1 saturated heterocycles. The molecule has 1 fully saturated rings. The summed E-state index contributed by atoms with van der Waals surface area (Å²) in [6.45, 7) is 2.65. The van der Waals surface area contributed by atoms with Gasteiger partial charge in [0, 0.05) is 44.6 Å². The molecule has 1 aliphatic heterocycles. The highest BCUT2D eigenvalue weighted by Crippen LogP contribution is 2.24. The summed E-state index contributed by atoms with van der Waals surface area (Å²) in [4.78, 5) is 26.9. The van der Waals surface area contributed by atoms with Crippen molar-refractivity contribution in [2.75, 3.05) is 25.0 Å². The van der Waals surface area contributed by atoms with Crippen LogP contribution in [0.1, 0.15) is 24.1 Å². The Hall–Kier alpha value is -3.16. The van der Waals surface area contributed by atoms with Gasteiger partial charge in [-0.3, -0.25) is 14.8 Å². The van der Waals surface area contributed by atoms with E-state index in [0.29, 0.717) is 25.6 Å². The van der Waals surface area contributed by atoms with E-state index in [1.54, 1.807) is 19.4 Å². The summed E-state index contributed by atoms with van der Waals surface area (Å²) in [5, 5.41) is 6.58. The van der Waals surface area contributed by atoms with E-state index in [2.05, 4.69) is 30.5 Å². The van der Waals surface area contributed by atoms with Crippen LogP contribution in [0, 0.1) is 5.92 Å². The third-order valence-corrected chi connectivity index (χ3v) is 4.82. The summed E-state index contributed by atoms with van der Waals surface area (Å²) in [7, 11) is 1.74. The molecule has 3 heterocycles. The number of aromatic nitrogens is 2. The number of nitrogens with zero attached hydrogens (tertiary/aromatic N) is 4. The summed E-state index contributed by atoms with van der Waals surface area (Å²) in [6.07, 6.45) is 5.33. The van der Waals surface area contributed by atoms with Crippen LogP contribution >= 0.6 is 0 Å². The van der Waals surface area contributed by atoms with Crippen LogP contribution in [0.25, 0.3) is 0 Å². The monoisotopic (exact) mass is 381 g/mol. The molecule has 1 atom stereocenters. The predicted octanol–water partition coefficient (Wildman–Crippen LogP) is 1.04. The molecule has 4 N–H and O–H groups in total. The zero-order valence-electron chi connectivity index (χ0n) is 16.1. The summed E-state index contributed by atoms with van der Waals surface area (Å²) < 4.78 is 0. The minimum Gasteiger partial charge on any atom is -0.369 e. The molecule has 2 aromatic heterocycles. The topological polar surface area (TPSA) is 109 Å². The Kier molecular flexibility index (Phi) is 6.78. The van der Waals surface area contributed by atoms with E-state index in [1.807, 2.05) is 30.3 Å². The first-order chi connectivity index (χ1) is 13.7. The second-order valence-electron chi connectivity index (χ2n) is 6.77. The van der Waals surface area contributed by atoms with E-state index >= 15 is 0 Å². The van der Waals surface area contributed by atoms with Gasteiger partial charge in [0.1, 0.15) is 5.82 Å². The van der Waals surface area contributed by atoms with E-state index < -0.39 is 0 Å². The maximum Gasteiger partial charge on any atom is 0.222 e. The SMILES string of the molecule is CN=C(NCc1ccccn1)NCc1cccnc1N1CCCC(C(N)=O)C1. The van der Waals surface area contributed by atoms with Crippen LogP contribution in [-0.2, 0) is 17.9 Å². The van der Waals surface area contributed by atoms with Crippen molar-refractivity contribution in [3.63, 3.8) is 0 Å². The number of nitrogens with one attached hydrogen (secondary N) is 2. The number of rotatable bonds is 6. The van der Waals surface area contributed by atoms with Gasteiger partial charge in [0.2, 0.25) is 5.91 Å². The number of pyridine rings is 2. The Morgan fingerprint density at radius 1 is 1.21 bits per heavy atom. The molecule has 1 unspecified atom stereocenters. The molecule has 148 valence electrons. The average molecular weight is 381 g/mol. The highest BCUT2D eigenvalue weighted by molar-refractivity contribution is 5.80. The number of primary amides is 1. The van der Waals surface area contributed by atoms with Gasteiger partial charge in [-0.25, -0.2) is 4.98 Å². The lowest BCUT2D eigenvalue weighted by molar-refractivity contribution is -0.122. The summed E-state index contributed by atoms with van der Waals surface area (Å²) in [5.41, 5.74) is 7.51. The maximum atomic E-state index is 11.6. The van der Waals surface area contributed by atoms with Gasteiger partial charge in [0.05, 0.1) is 18.2 Å². The number of hydrogen-bond acceptors (Lipinski definition) is 5. The molecular formula is C20H27N7O. The van der Waals surface area contributed by atoms with Gasteiger partial charge < -0.3 is 21.3 Å². The third kappa shape index (κ3) is 5.18. The fourth-order valence-electron chi connectivity index (χ4n) is 3.33. The quantitative estimate of drug-likeness (QED) is 0.510. The van der Waals surface area contributed by atoms with Crippen molar-refractivity contribution in [3.8, 4) is 0 Å². The molecule has 2 aromatic rings. The lowest BCUT2D eigenvalue weighted by atomic mass is 9.97. The fourth-order valence-corrected chi connectivity index (χ4v) is 3.33. The van der Waals surface area contributed by atoms with Gasteiger partial charge in [-0.15, -0.1) is 0 Å². The van der Waals surface area contributed by atoms with Gasteiger partial charge in [0.15, 0.2) is 5.96 Å². The lowest BCUT2D eigenvalue weighted by Crippen LogP contribution is -2.42. The number of carbonyl (C=O) groups is 1. The number of aliphatic imine (C=N–C) groups is 1. The molecule has 8 heteroatoms. The molecule has 0 radical (unpaired) electrons. The number of anilines is 1. The fraction of sp³-hybridized carbons (Fsp3) is 0.400. The van der Waals surface area contributed by atoms with E-state index in [0.717, 1.165) is 36.5 Å². The van der Waals surface area contributed by atoms with Gasteiger partial charge in [0.25, 0.3) is 0 Å². The Labute approximate surface area is 165 Å². The molecule has 0 bridgehead atoms. The number of guanidine groups is 1. The van der Waals surface area contributed by atoms with Crippen molar-refractivity contribution in [2.24, 2.45) is 16.6 Å². The molecule has 1 aliphatic rings. The van der Waals surface area contributed by atoms with Crippen LogP contribution in [0.15, 0.2) is 47.7 Å². The zero-order valence-corrected chi connectivity index (χ0v) is 16.1. The van der Waals surface area contributed by atoms with Crippen molar-refractivity contribution in [1.82, 2.24) is 20.6 Å². The average Bonchev–Trinajstić information content (AvgIpc) is 2.75. The van der Waals surface area contributed by atoms with Crippen LogP contribution < -0.4 is 21.3 Å². The van der Waals surface area contributed by atoms with Crippen LogP contribution in [0.3, 0.4) is 0 Å². The number of piperidine rings is 1. The summed E-state index contributed by atoms with van der Waals surface area (Å²) in [6, 6.07) is 9.77. The van der Waals surface area contributed by atoms with Gasteiger partial charge in [-0.2, -0.15) is 0 Å². The molecule has 0 aliphatic carbocycles. The number of carbonyl (C=O) groups excluding carboxylic acids is 1. The van der Waals surface area contributed by atoms with Gasteiger partial charge in [-0.1, -0.05) is 12.1 Å². The maximum absolute atomic E-state index is 11.6. The van der Waals surface area contributed by atoms with Crippen LogP contribution in [0.4, 0.5) is 5.82 Å². The highest BCUT2D eigenvalue weighted by atomic mass is 16.1. The summed E-state index contributed by atoms with van der Waals surface area (Å²) in [5.74, 6) is 1.22. The van der Waals surface area contributed by atoms with E-state index in [1.165, 1.54) is 0 Å². The highest BCUT2D eigenvalue weighted by Gasteiger charge is 2.25. The first-order valence-corrected chi connectivity index (χ1v) is 9.50. The zero-order chi connectivity index (χ0) is 19.8. The van der Waals surface area contributed by atoms with Crippen molar-refractivity contribution in [2.45, 2.75) is 25.9 Å². The van der Waals surface area contributed by atoms with Crippen LogP contribution in [0.5, 0.6) is 0 Å². The lowest BCUT2D eigenvalue weighted by Gasteiger charge is -2.33. The van der Waals surface area contributed by atoms with Crippen molar-refractivity contribution in [1.29, 1.82) is 0 Å². The summed E-state index contributed by atoms with van der Waals surface area (Å²) >= 11 is 0. The predicted molar refractivity (Wildman–Crippen MR) is 110 cm³/mol. The Morgan fingerprint density at radius 2 is 2.04 bits per heavy atom. The number of nitrogens with two attached hydrogens (primary N) is 1. The molecule has 0 spiro atoms. The largest absolute Gasteiger partial charge is 0.369 e.